The summed E-state index contributed by atoms with van der Waals surface area (Å²) < 4.78 is 0. The Hall–Kier alpha value is -1.74. The number of benzene rings is 1. The van der Waals surface area contributed by atoms with Crippen molar-refractivity contribution in [2.24, 2.45) is 0 Å². The number of nitro benzene ring substituents is 1. The molecule has 1 aromatic carbocycles. The van der Waals surface area contributed by atoms with E-state index in [-0.39, 0.29) is 5.69 Å². The van der Waals surface area contributed by atoms with E-state index in [1.165, 1.54) is 6.07 Å². The topological polar surface area (TPSA) is 70.2 Å². The average molecular weight is 249 g/mol. The van der Waals surface area contributed by atoms with Crippen LogP contribution in [0.5, 0.6) is 0 Å². The van der Waals surface area contributed by atoms with Gasteiger partial charge in [-0.15, -0.1) is 0 Å². The maximum Gasteiger partial charge on any atom is 0.293 e. The highest BCUT2D eigenvalue weighted by molar-refractivity contribution is 7.99. The number of nitrogens with zero attached hydrogens (tertiary/aromatic N) is 3. The van der Waals surface area contributed by atoms with Crippen LogP contribution >= 0.6 is 11.8 Å². The van der Waals surface area contributed by atoms with Crippen LogP contribution in [0.1, 0.15) is 5.56 Å². The zero-order valence-corrected chi connectivity index (χ0v) is 9.94. The van der Waals surface area contributed by atoms with Crippen LogP contribution in [0, 0.1) is 21.4 Å². The molecule has 0 spiro atoms. The molecule has 0 bridgehead atoms. The fourth-order valence-electron chi connectivity index (χ4n) is 1.89. The number of para-hydroxylation sites is 1. The molecule has 0 unspecified atom stereocenters. The zero-order chi connectivity index (χ0) is 12.3. The van der Waals surface area contributed by atoms with Crippen LogP contribution in [-0.2, 0) is 0 Å². The quantitative estimate of drug-likeness (QED) is 0.592. The van der Waals surface area contributed by atoms with Crippen LogP contribution < -0.4 is 4.90 Å². The van der Waals surface area contributed by atoms with Crippen LogP contribution in [-0.4, -0.2) is 29.5 Å². The highest BCUT2D eigenvalue weighted by atomic mass is 32.2. The molecule has 1 fully saturated rings. The summed E-state index contributed by atoms with van der Waals surface area (Å²) in [5, 5.41) is 20.0. The van der Waals surface area contributed by atoms with E-state index < -0.39 is 4.92 Å². The Morgan fingerprint density at radius 3 is 2.71 bits per heavy atom. The van der Waals surface area contributed by atoms with Gasteiger partial charge in [0.05, 0.1) is 10.5 Å². The Morgan fingerprint density at radius 2 is 2.12 bits per heavy atom. The van der Waals surface area contributed by atoms with E-state index in [9.17, 15) is 10.1 Å². The van der Waals surface area contributed by atoms with Gasteiger partial charge in [-0.3, -0.25) is 10.1 Å². The third-order valence-corrected chi connectivity index (χ3v) is 3.60. The second-order valence-electron chi connectivity index (χ2n) is 3.64. The molecule has 1 heterocycles. The molecule has 0 radical (unpaired) electrons. The number of hydrogen-bond acceptors (Lipinski definition) is 5. The summed E-state index contributed by atoms with van der Waals surface area (Å²) in [6, 6.07) is 6.67. The minimum Gasteiger partial charge on any atom is -0.363 e. The Morgan fingerprint density at radius 1 is 1.41 bits per heavy atom. The smallest absolute Gasteiger partial charge is 0.293 e. The molecule has 88 valence electrons. The van der Waals surface area contributed by atoms with Crippen molar-refractivity contribution < 1.29 is 4.92 Å². The fourth-order valence-corrected chi connectivity index (χ4v) is 2.79. The number of nitriles is 1. The van der Waals surface area contributed by atoms with E-state index >= 15 is 0 Å². The van der Waals surface area contributed by atoms with Crippen molar-refractivity contribution in [2.45, 2.75) is 0 Å². The van der Waals surface area contributed by atoms with Crippen LogP contribution in [0.4, 0.5) is 11.4 Å². The largest absolute Gasteiger partial charge is 0.363 e. The van der Waals surface area contributed by atoms with Gasteiger partial charge in [0.2, 0.25) is 0 Å². The second kappa shape index (κ2) is 5.06. The Labute approximate surface area is 103 Å². The summed E-state index contributed by atoms with van der Waals surface area (Å²) >= 11 is 1.83. The summed E-state index contributed by atoms with van der Waals surface area (Å²) in [6.45, 7) is 1.51. The van der Waals surface area contributed by atoms with Gasteiger partial charge in [0, 0.05) is 30.7 Å². The Kier molecular flexibility index (Phi) is 3.49. The van der Waals surface area contributed by atoms with Gasteiger partial charge < -0.3 is 4.90 Å². The molecule has 17 heavy (non-hydrogen) atoms. The third-order valence-electron chi connectivity index (χ3n) is 2.66. The van der Waals surface area contributed by atoms with Crippen molar-refractivity contribution in [3.63, 3.8) is 0 Å². The van der Waals surface area contributed by atoms with Crippen molar-refractivity contribution in [1.82, 2.24) is 0 Å². The lowest BCUT2D eigenvalue weighted by Crippen LogP contribution is -2.33. The number of thioether (sulfide) groups is 1. The highest BCUT2D eigenvalue weighted by Gasteiger charge is 2.24. The monoisotopic (exact) mass is 249 g/mol. The predicted octanol–water partition coefficient (Wildman–Crippen LogP) is 2.02. The molecule has 0 N–H and O–H groups in total. The lowest BCUT2D eigenvalue weighted by atomic mass is 10.1. The molecule has 0 aliphatic carbocycles. The number of nitro groups is 1. The summed E-state index contributed by atoms with van der Waals surface area (Å²) in [5.41, 5.74) is 0.877. The van der Waals surface area contributed by atoms with Crippen LogP contribution in [0.3, 0.4) is 0 Å². The first-order chi connectivity index (χ1) is 8.24. The Bertz CT molecular complexity index is 478. The summed E-state index contributed by atoms with van der Waals surface area (Å²) in [6.07, 6.45) is 0. The van der Waals surface area contributed by atoms with E-state index in [0.29, 0.717) is 11.3 Å². The molecule has 0 saturated carbocycles. The highest BCUT2D eigenvalue weighted by Crippen LogP contribution is 2.33. The first-order valence-electron chi connectivity index (χ1n) is 5.24. The molecule has 1 saturated heterocycles. The standard InChI is InChI=1S/C11H11N3O2S/c12-8-9-2-1-3-10(14(15)16)11(9)13-4-6-17-7-5-13/h1-3H,4-7H2. The van der Waals surface area contributed by atoms with E-state index in [2.05, 4.69) is 0 Å². The van der Waals surface area contributed by atoms with Crippen molar-refractivity contribution in [2.75, 3.05) is 29.5 Å². The zero-order valence-electron chi connectivity index (χ0n) is 9.13. The first-order valence-corrected chi connectivity index (χ1v) is 6.39. The molecule has 0 atom stereocenters. The van der Waals surface area contributed by atoms with Gasteiger partial charge in [0.1, 0.15) is 11.8 Å². The first kappa shape index (κ1) is 11.7. The molecular formula is C11H11N3O2S. The molecule has 1 aliphatic heterocycles. The molecular weight excluding hydrogens is 238 g/mol. The average Bonchev–Trinajstić information content (AvgIpc) is 2.38. The predicted molar refractivity (Wildman–Crippen MR) is 67.3 cm³/mol. The maximum atomic E-state index is 11.0. The molecule has 2 rings (SSSR count). The van der Waals surface area contributed by atoms with Crippen molar-refractivity contribution in [3.05, 3.63) is 33.9 Å². The normalized spacial score (nSPS) is 15.4. The second-order valence-corrected chi connectivity index (χ2v) is 4.87. The molecule has 0 amide bonds. The van der Waals surface area contributed by atoms with Gasteiger partial charge in [-0.1, -0.05) is 6.07 Å². The molecule has 1 aliphatic rings. The minimum atomic E-state index is -0.419. The van der Waals surface area contributed by atoms with E-state index in [0.717, 1.165) is 24.6 Å². The van der Waals surface area contributed by atoms with E-state index in [4.69, 9.17) is 5.26 Å². The van der Waals surface area contributed by atoms with Gasteiger partial charge in [0.25, 0.3) is 5.69 Å². The Balaban J connectivity index is 2.48. The maximum absolute atomic E-state index is 11.0. The van der Waals surface area contributed by atoms with Gasteiger partial charge in [-0.05, 0) is 6.07 Å². The summed E-state index contributed by atoms with van der Waals surface area (Å²) in [7, 11) is 0. The van der Waals surface area contributed by atoms with Crippen molar-refractivity contribution in [3.8, 4) is 6.07 Å². The van der Waals surface area contributed by atoms with Crippen LogP contribution in [0.25, 0.3) is 0 Å². The summed E-state index contributed by atoms with van der Waals surface area (Å²) in [5.74, 6) is 1.88. The molecule has 0 aromatic heterocycles. The molecule has 5 nitrogen and oxygen atoms in total. The summed E-state index contributed by atoms with van der Waals surface area (Å²) in [4.78, 5) is 12.5. The van der Waals surface area contributed by atoms with Crippen molar-refractivity contribution in [1.29, 1.82) is 5.26 Å². The SMILES string of the molecule is N#Cc1cccc([N+](=O)[O-])c1N1CCSCC1. The van der Waals surface area contributed by atoms with Crippen LogP contribution in [0.15, 0.2) is 18.2 Å². The van der Waals surface area contributed by atoms with Crippen LogP contribution in [0.2, 0.25) is 0 Å². The van der Waals surface area contributed by atoms with E-state index in [1.54, 1.807) is 12.1 Å². The van der Waals surface area contributed by atoms with E-state index in [1.807, 2.05) is 22.7 Å². The molecule has 1 aromatic rings. The number of anilines is 1. The van der Waals surface area contributed by atoms with Gasteiger partial charge in [-0.2, -0.15) is 17.0 Å². The van der Waals surface area contributed by atoms with Gasteiger partial charge >= 0.3 is 0 Å². The van der Waals surface area contributed by atoms with Gasteiger partial charge in [0.15, 0.2) is 0 Å². The lowest BCUT2D eigenvalue weighted by Gasteiger charge is -2.28. The van der Waals surface area contributed by atoms with Gasteiger partial charge in [-0.25, -0.2) is 0 Å². The fraction of sp³-hybridized carbons (Fsp3) is 0.364. The molecule has 6 heteroatoms. The lowest BCUT2D eigenvalue weighted by molar-refractivity contribution is -0.384. The number of hydrogen-bond donors (Lipinski definition) is 0. The van der Waals surface area contributed by atoms with Crippen molar-refractivity contribution >= 4 is 23.1 Å². The minimum absolute atomic E-state index is 0.0240. The number of rotatable bonds is 2. The third kappa shape index (κ3) is 2.34.